The van der Waals surface area contributed by atoms with Crippen LogP contribution >= 0.6 is 0 Å². The lowest BCUT2D eigenvalue weighted by atomic mass is 10.1. The zero-order valence-corrected chi connectivity index (χ0v) is 12.8. The molecule has 21 heavy (non-hydrogen) atoms. The van der Waals surface area contributed by atoms with Gasteiger partial charge in [0.15, 0.2) is 0 Å². The molecule has 1 aliphatic rings. The predicted molar refractivity (Wildman–Crippen MR) is 87.4 cm³/mol. The summed E-state index contributed by atoms with van der Waals surface area (Å²) in [5.74, 6) is 0. The predicted octanol–water partition coefficient (Wildman–Crippen LogP) is 3.28. The second kappa shape index (κ2) is 6.27. The summed E-state index contributed by atoms with van der Waals surface area (Å²) in [5, 5.41) is 3.62. The van der Waals surface area contributed by atoms with Gasteiger partial charge in [-0.2, -0.15) is 0 Å². The van der Waals surface area contributed by atoms with Crippen LogP contribution in [0.3, 0.4) is 0 Å². The van der Waals surface area contributed by atoms with Gasteiger partial charge in [-0.15, -0.1) is 0 Å². The van der Waals surface area contributed by atoms with Crippen molar-refractivity contribution in [3.8, 4) is 0 Å². The summed E-state index contributed by atoms with van der Waals surface area (Å²) in [6.07, 6.45) is 6.36. The third kappa shape index (κ3) is 3.82. The van der Waals surface area contributed by atoms with Gasteiger partial charge < -0.3 is 10.2 Å². The molecule has 1 saturated carbocycles. The van der Waals surface area contributed by atoms with Gasteiger partial charge in [0.05, 0.1) is 0 Å². The Morgan fingerprint density at radius 3 is 2.67 bits per heavy atom. The second-order valence-corrected chi connectivity index (χ2v) is 6.00. The summed E-state index contributed by atoms with van der Waals surface area (Å²) in [7, 11) is 2.16. The molecule has 0 unspecified atom stereocenters. The van der Waals surface area contributed by atoms with Gasteiger partial charge in [0.25, 0.3) is 0 Å². The van der Waals surface area contributed by atoms with Crippen LogP contribution in [0.25, 0.3) is 0 Å². The molecule has 0 aliphatic heterocycles. The molecule has 0 spiro atoms. The molecule has 1 heterocycles. The SMILES string of the molecule is Cc1ccc(N(C)Cc2ccncc2)c(CNC2CC2)c1. The maximum atomic E-state index is 4.08. The first-order valence-corrected chi connectivity index (χ1v) is 7.65. The van der Waals surface area contributed by atoms with Crippen LogP contribution in [0.4, 0.5) is 5.69 Å². The van der Waals surface area contributed by atoms with E-state index in [1.165, 1.54) is 35.2 Å². The topological polar surface area (TPSA) is 28.2 Å². The van der Waals surface area contributed by atoms with Crippen LogP contribution < -0.4 is 10.2 Å². The highest BCUT2D eigenvalue weighted by atomic mass is 15.1. The lowest BCUT2D eigenvalue weighted by molar-refractivity contribution is 0.685. The molecule has 110 valence electrons. The smallest absolute Gasteiger partial charge is 0.0427 e. The van der Waals surface area contributed by atoms with Crippen molar-refractivity contribution in [2.45, 2.75) is 38.9 Å². The first kappa shape index (κ1) is 14.1. The molecule has 0 bridgehead atoms. The normalized spacial score (nSPS) is 14.2. The number of pyridine rings is 1. The molecule has 0 amide bonds. The molecule has 1 N–H and O–H groups in total. The molecule has 3 rings (SSSR count). The molecule has 0 saturated heterocycles. The Morgan fingerprint density at radius 1 is 1.19 bits per heavy atom. The summed E-state index contributed by atoms with van der Waals surface area (Å²) in [6.45, 7) is 4.03. The van der Waals surface area contributed by atoms with Gasteiger partial charge in [0.1, 0.15) is 0 Å². The summed E-state index contributed by atoms with van der Waals surface area (Å²) in [5.41, 5.74) is 5.31. The maximum Gasteiger partial charge on any atom is 0.0427 e. The molecule has 1 aromatic carbocycles. The Balaban J connectivity index is 1.75. The third-order valence-electron chi connectivity index (χ3n) is 3.97. The van der Waals surface area contributed by atoms with Crippen molar-refractivity contribution in [2.75, 3.05) is 11.9 Å². The van der Waals surface area contributed by atoms with Crippen molar-refractivity contribution >= 4 is 5.69 Å². The van der Waals surface area contributed by atoms with Crippen LogP contribution in [0, 0.1) is 6.92 Å². The van der Waals surface area contributed by atoms with Crippen LogP contribution in [-0.4, -0.2) is 18.1 Å². The number of nitrogens with one attached hydrogen (secondary N) is 1. The van der Waals surface area contributed by atoms with E-state index in [1.54, 1.807) is 0 Å². The fourth-order valence-electron chi connectivity index (χ4n) is 2.62. The highest BCUT2D eigenvalue weighted by molar-refractivity contribution is 5.54. The summed E-state index contributed by atoms with van der Waals surface area (Å²) in [6, 6.07) is 11.6. The zero-order valence-electron chi connectivity index (χ0n) is 12.8. The minimum Gasteiger partial charge on any atom is -0.370 e. The van der Waals surface area contributed by atoms with Crippen molar-refractivity contribution in [1.29, 1.82) is 0 Å². The van der Waals surface area contributed by atoms with Crippen molar-refractivity contribution in [3.63, 3.8) is 0 Å². The quantitative estimate of drug-likeness (QED) is 0.880. The van der Waals surface area contributed by atoms with E-state index in [0.29, 0.717) is 0 Å². The Hall–Kier alpha value is -1.87. The van der Waals surface area contributed by atoms with Gasteiger partial charge in [-0.1, -0.05) is 17.7 Å². The van der Waals surface area contributed by atoms with E-state index in [2.05, 4.69) is 59.5 Å². The Morgan fingerprint density at radius 2 is 1.95 bits per heavy atom. The number of hydrogen-bond acceptors (Lipinski definition) is 3. The molecular formula is C18H23N3. The Bertz CT molecular complexity index is 591. The van der Waals surface area contributed by atoms with Crippen LogP contribution in [0.5, 0.6) is 0 Å². The molecule has 0 atom stereocenters. The van der Waals surface area contributed by atoms with Gasteiger partial charge in [0, 0.05) is 44.3 Å². The summed E-state index contributed by atoms with van der Waals surface area (Å²) < 4.78 is 0. The first-order chi connectivity index (χ1) is 10.2. The van der Waals surface area contributed by atoms with E-state index in [0.717, 1.165) is 19.1 Å². The lowest BCUT2D eigenvalue weighted by Gasteiger charge is -2.23. The molecule has 3 nitrogen and oxygen atoms in total. The molecule has 1 aliphatic carbocycles. The van der Waals surface area contributed by atoms with Crippen LogP contribution in [0.1, 0.15) is 29.5 Å². The van der Waals surface area contributed by atoms with Gasteiger partial charge in [0.2, 0.25) is 0 Å². The Labute approximate surface area is 127 Å². The number of benzene rings is 1. The molecular weight excluding hydrogens is 258 g/mol. The number of nitrogens with zero attached hydrogens (tertiary/aromatic N) is 2. The number of anilines is 1. The molecule has 2 aromatic rings. The van der Waals surface area contributed by atoms with Gasteiger partial charge >= 0.3 is 0 Å². The summed E-state index contributed by atoms with van der Waals surface area (Å²) >= 11 is 0. The second-order valence-electron chi connectivity index (χ2n) is 6.00. The van der Waals surface area contributed by atoms with E-state index >= 15 is 0 Å². The molecule has 1 fully saturated rings. The van der Waals surface area contributed by atoms with Gasteiger partial charge in [-0.25, -0.2) is 0 Å². The fourth-order valence-corrected chi connectivity index (χ4v) is 2.62. The van der Waals surface area contributed by atoms with Crippen LogP contribution in [-0.2, 0) is 13.1 Å². The van der Waals surface area contributed by atoms with E-state index in [9.17, 15) is 0 Å². The fraction of sp³-hybridized carbons (Fsp3) is 0.389. The van der Waals surface area contributed by atoms with Crippen LogP contribution in [0.15, 0.2) is 42.7 Å². The van der Waals surface area contributed by atoms with Crippen molar-refractivity contribution in [3.05, 3.63) is 59.4 Å². The average molecular weight is 281 g/mol. The number of hydrogen-bond donors (Lipinski definition) is 1. The van der Waals surface area contributed by atoms with Crippen LogP contribution in [0.2, 0.25) is 0 Å². The van der Waals surface area contributed by atoms with Crippen molar-refractivity contribution < 1.29 is 0 Å². The summed E-state index contributed by atoms with van der Waals surface area (Å²) in [4.78, 5) is 6.40. The van der Waals surface area contributed by atoms with E-state index in [4.69, 9.17) is 0 Å². The standard InChI is InChI=1S/C18H23N3/c1-14-3-6-18(16(11-14)12-20-17-4-5-17)21(2)13-15-7-9-19-10-8-15/h3,6-11,17,20H,4-5,12-13H2,1-2H3. The van der Waals surface area contributed by atoms with E-state index in [-0.39, 0.29) is 0 Å². The minimum atomic E-state index is 0.740. The van der Waals surface area contributed by atoms with Gasteiger partial charge in [-0.3, -0.25) is 4.98 Å². The highest BCUT2D eigenvalue weighted by Crippen LogP contribution is 2.25. The first-order valence-electron chi connectivity index (χ1n) is 7.65. The van der Waals surface area contributed by atoms with Crippen molar-refractivity contribution in [1.82, 2.24) is 10.3 Å². The van der Waals surface area contributed by atoms with E-state index < -0.39 is 0 Å². The zero-order chi connectivity index (χ0) is 14.7. The maximum absolute atomic E-state index is 4.08. The lowest BCUT2D eigenvalue weighted by Crippen LogP contribution is -2.21. The minimum absolute atomic E-state index is 0.740. The largest absolute Gasteiger partial charge is 0.370 e. The number of aromatic nitrogens is 1. The number of rotatable bonds is 6. The molecule has 0 radical (unpaired) electrons. The average Bonchev–Trinajstić information content (AvgIpc) is 3.30. The Kier molecular flexibility index (Phi) is 4.20. The van der Waals surface area contributed by atoms with E-state index in [1.807, 2.05) is 12.4 Å². The molecule has 3 heteroatoms. The monoisotopic (exact) mass is 281 g/mol. The molecule has 1 aromatic heterocycles. The van der Waals surface area contributed by atoms with Gasteiger partial charge in [-0.05, 0) is 49.1 Å². The van der Waals surface area contributed by atoms with Crippen molar-refractivity contribution in [2.24, 2.45) is 0 Å². The number of aryl methyl sites for hydroxylation is 1. The highest BCUT2D eigenvalue weighted by Gasteiger charge is 2.20. The third-order valence-corrected chi connectivity index (χ3v) is 3.97.